The molecule has 36 heavy (non-hydrogen) atoms. The smallest absolute Gasteiger partial charge is 0.416 e. The first-order valence-electron chi connectivity index (χ1n) is 12.2. The highest BCUT2D eigenvalue weighted by Crippen LogP contribution is 2.42. The number of fused-ring (bicyclic) bond motifs is 1. The van der Waals surface area contributed by atoms with E-state index in [9.17, 15) is 4.79 Å². The van der Waals surface area contributed by atoms with Gasteiger partial charge in [-0.15, -0.1) is 0 Å². The Kier molecular flexibility index (Phi) is 6.02. The molecule has 3 aliphatic rings. The van der Waals surface area contributed by atoms with E-state index >= 15 is 4.39 Å². The Morgan fingerprint density at radius 2 is 1.81 bits per heavy atom. The van der Waals surface area contributed by atoms with Gasteiger partial charge >= 0.3 is 6.09 Å². The van der Waals surface area contributed by atoms with E-state index in [1.807, 2.05) is 49.1 Å². The maximum Gasteiger partial charge on any atom is 0.416 e. The largest absolute Gasteiger partial charge is 0.447 e. The minimum absolute atomic E-state index is 0.0216. The van der Waals surface area contributed by atoms with E-state index < -0.39 is 18.2 Å². The van der Waals surface area contributed by atoms with Crippen LogP contribution in [-0.2, 0) is 25.4 Å². The van der Waals surface area contributed by atoms with Crippen molar-refractivity contribution in [1.82, 2.24) is 5.16 Å². The molecule has 0 N–H and O–H groups in total. The van der Waals surface area contributed by atoms with Crippen LogP contribution in [0.5, 0.6) is 0 Å². The van der Waals surface area contributed by atoms with Crippen molar-refractivity contribution >= 4 is 28.6 Å². The highest BCUT2D eigenvalue weighted by molar-refractivity contribution is 6.01. The molecule has 6 rings (SSSR count). The zero-order chi connectivity index (χ0) is 24.8. The lowest BCUT2D eigenvalue weighted by Gasteiger charge is -2.38. The average molecular weight is 498 g/mol. The first-order valence-corrected chi connectivity index (χ1v) is 12.2. The first kappa shape index (κ1) is 23.2. The number of halogens is 1. The monoisotopic (exact) mass is 497 g/mol. The lowest BCUT2D eigenvalue weighted by molar-refractivity contribution is -0.0445. The SMILES string of the molecule is C[C@@H]1CN(c2c(C3OCCO3)cc3c(N4C(=O)OC[C@@H]4Cc4ccccc4)noc3c2F)C[C@H](C)O1. The number of amides is 1. The molecule has 0 radical (unpaired) electrons. The summed E-state index contributed by atoms with van der Waals surface area (Å²) in [6.45, 7) is 5.95. The summed E-state index contributed by atoms with van der Waals surface area (Å²) in [4.78, 5) is 16.2. The van der Waals surface area contributed by atoms with Gasteiger partial charge in [0.1, 0.15) is 6.61 Å². The molecular formula is C26H28FN3O6. The standard InChI is InChI=1S/C26H28FN3O6/c1-15-12-29(13-16(2)35-15)22-19(25-32-8-9-33-25)11-20-23(21(22)27)36-28-24(20)30-18(14-34-26(30)31)10-17-6-4-3-5-7-17/h3-7,11,15-16,18,25H,8-10,12-14H2,1-2H3/t15-,16+,18-/m0/s1. The molecule has 1 aromatic heterocycles. The molecule has 2 aromatic carbocycles. The van der Waals surface area contributed by atoms with Crippen LogP contribution < -0.4 is 9.80 Å². The van der Waals surface area contributed by atoms with Crippen molar-refractivity contribution in [1.29, 1.82) is 0 Å². The molecular weight excluding hydrogens is 469 g/mol. The van der Waals surface area contributed by atoms with Crippen LogP contribution in [-0.4, -0.2) is 62.4 Å². The van der Waals surface area contributed by atoms with Crippen molar-refractivity contribution in [3.05, 3.63) is 53.3 Å². The zero-order valence-corrected chi connectivity index (χ0v) is 20.2. The Balaban J connectivity index is 1.44. The summed E-state index contributed by atoms with van der Waals surface area (Å²) in [5.74, 6) is -0.337. The fourth-order valence-electron chi connectivity index (χ4n) is 5.36. The molecule has 0 bridgehead atoms. The van der Waals surface area contributed by atoms with Crippen LogP contribution in [0.3, 0.4) is 0 Å². The van der Waals surface area contributed by atoms with Crippen LogP contribution in [0.15, 0.2) is 40.9 Å². The maximum atomic E-state index is 16.2. The van der Waals surface area contributed by atoms with Gasteiger partial charge in [-0.1, -0.05) is 35.5 Å². The molecule has 10 heteroatoms. The topological polar surface area (TPSA) is 86.5 Å². The minimum atomic E-state index is -0.735. The highest BCUT2D eigenvalue weighted by atomic mass is 19.1. The van der Waals surface area contributed by atoms with Crippen molar-refractivity contribution in [2.45, 2.75) is 44.8 Å². The Bertz CT molecular complexity index is 1250. The number of aromatic nitrogens is 1. The maximum absolute atomic E-state index is 16.2. The number of hydrogen-bond acceptors (Lipinski definition) is 8. The number of carbonyl (C=O) groups is 1. The highest BCUT2D eigenvalue weighted by Gasteiger charge is 2.39. The van der Waals surface area contributed by atoms with Gasteiger partial charge in [-0.2, -0.15) is 0 Å². The minimum Gasteiger partial charge on any atom is -0.447 e. The summed E-state index contributed by atoms with van der Waals surface area (Å²) in [7, 11) is 0. The van der Waals surface area contributed by atoms with E-state index in [4.69, 9.17) is 23.5 Å². The summed E-state index contributed by atoms with van der Waals surface area (Å²) in [5.41, 5.74) is 1.92. The normalized spacial score (nSPS) is 25.2. The number of hydrogen-bond donors (Lipinski definition) is 0. The zero-order valence-electron chi connectivity index (χ0n) is 20.2. The van der Waals surface area contributed by atoms with Crippen molar-refractivity contribution in [2.75, 3.05) is 42.7 Å². The predicted molar refractivity (Wildman–Crippen MR) is 129 cm³/mol. The van der Waals surface area contributed by atoms with Gasteiger partial charge in [0.2, 0.25) is 5.58 Å². The number of anilines is 2. The van der Waals surface area contributed by atoms with Crippen LogP contribution in [0.1, 0.15) is 31.3 Å². The number of cyclic esters (lactones) is 1. The second-order valence-electron chi connectivity index (χ2n) is 9.54. The predicted octanol–water partition coefficient (Wildman–Crippen LogP) is 4.19. The Morgan fingerprint density at radius 1 is 1.08 bits per heavy atom. The van der Waals surface area contributed by atoms with E-state index in [1.54, 1.807) is 6.07 Å². The Labute approximate surface area is 207 Å². The molecule has 9 nitrogen and oxygen atoms in total. The van der Waals surface area contributed by atoms with Gasteiger partial charge in [0.05, 0.1) is 42.5 Å². The van der Waals surface area contributed by atoms with E-state index in [-0.39, 0.29) is 36.3 Å². The van der Waals surface area contributed by atoms with Crippen LogP contribution >= 0.6 is 0 Å². The molecule has 0 spiro atoms. The molecule has 4 heterocycles. The van der Waals surface area contributed by atoms with E-state index in [0.29, 0.717) is 49.4 Å². The molecule has 3 aliphatic heterocycles. The molecule has 3 fully saturated rings. The number of ether oxygens (including phenoxy) is 4. The first-order chi connectivity index (χ1) is 17.5. The van der Waals surface area contributed by atoms with Gasteiger partial charge < -0.3 is 28.4 Å². The molecule has 0 saturated carbocycles. The lowest BCUT2D eigenvalue weighted by Crippen LogP contribution is -2.46. The number of morpholine rings is 1. The summed E-state index contributed by atoms with van der Waals surface area (Å²) < 4.78 is 44.5. The van der Waals surface area contributed by atoms with Crippen molar-refractivity contribution in [3.63, 3.8) is 0 Å². The molecule has 1 amide bonds. The van der Waals surface area contributed by atoms with Gasteiger partial charge in [0, 0.05) is 18.7 Å². The fourth-order valence-corrected chi connectivity index (χ4v) is 5.36. The van der Waals surface area contributed by atoms with E-state index in [0.717, 1.165) is 5.56 Å². The molecule has 3 aromatic rings. The molecule has 3 atom stereocenters. The summed E-state index contributed by atoms with van der Waals surface area (Å²) in [6.07, 6.45) is -0.870. The van der Waals surface area contributed by atoms with Crippen molar-refractivity contribution < 1.29 is 32.7 Å². The second kappa shape index (κ2) is 9.34. The number of benzene rings is 2. The van der Waals surface area contributed by atoms with Crippen LogP contribution in [0, 0.1) is 5.82 Å². The third-order valence-electron chi connectivity index (χ3n) is 6.80. The Morgan fingerprint density at radius 3 is 2.53 bits per heavy atom. The van der Waals surface area contributed by atoms with Gasteiger partial charge in [-0.05, 0) is 31.9 Å². The van der Waals surface area contributed by atoms with E-state index in [1.165, 1.54) is 4.90 Å². The van der Waals surface area contributed by atoms with Gasteiger partial charge in [0.15, 0.2) is 17.9 Å². The lowest BCUT2D eigenvalue weighted by atomic mass is 10.0. The molecule has 3 saturated heterocycles. The third kappa shape index (κ3) is 4.08. The van der Waals surface area contributed by atoms with Gasteiger partial charge in [0.25, 0.3) is 0 Å². The van der Waals surface area contributed by atoms with E-state index in [2.05, 4.69) is 5.16 Å². The van der Waals surface area contributed by atoms with Crippen LogP contribution in [0.25, 0.3) is 11.0 Å². The second-order valence-corrected chi connectivity index (χ2v) is 9.54. The quantitative estimate of drug-likeness (QED) is 0.519. The van der Waals surface area contributed by atoms with Gasteiger partial charge in [-0.25, -0.2) is 9.18 Å². The molecule has 0 unspecified atom stereocenters. The number of carbonyl (C=O) groups excluding carboxylic acids is 1. The van der Waals surface area contributed by atoms with Crippen LogP contribution in [0.4, 0.5) is 20.7 Å². The van der Waals surface area contributed by atoms with Gasteiger partial charge in [-0.3, -0.25) is 4.90 Å². The fraction of sp³-hybridized carbons (Fsp3) is 0.462. The number of nitrogens with zero attached hydrogens (tertiary/aromatic N) is 3. The molecule has 190 valence electrons. The Hall–Kier alpha value is -3.21. The van der Waals surface area contributed by atoms with Crippen molar-refractivity contribution in [3.8, 4) is 0 Å². The summed E-state index contributed by atoms with van der Waals surface area (Å²) in [6, 6.07) is 11.3. The van der Waals surface area contributed by atoms with Crippen molar-refractivity contribution in [2.24, 2.45) is 0 Å². The summed E-state index contributed by atoms with van der Waals surface area (Å²) >= 11 is 0. The third-order valence-corrected chi connectivity index (χ3v) is 6.80. The summed E-state index contributed by atoms with van der Waals surface area (Å²) in [5, 5.41) is 4.52. The number of rotatable bonds is 5. The average Bonchev–Trinajstić information content (AvgIpc) is 3.60. The van der Waals surface area contributed by atoms with Crippen LogP contribution in [0.2, 0.25) is 0 Å². The molecule has 0 aliphatic carbocycles.